The molecular weight excluding hydrogens is 398 g/mol. The molecule has 0 aliphatic heterocycles. The maximum Gasteiger partial charge on any atom is 0.341 e. The van der Waals surface area contributed by atoms with Gasteiger partial charge in [0.1, 0.15) is 11.4 Å². The molecule has 1 aliphatic carbocycles. The molecule has 1 aromatic heterocycles. The fourth-order valence-electron chi connectivity index (χ4n) is 3.50. The van der Waals surface area contributed by atoms with Gasteiger partial charge in [-0.3, -0.25) is 0 Å². The number of hydrogen-bond donors (Lipinski definition) is 2. The maximum atomic E-state index is 12.1. The number of aromatic nitrogens is 1. The van der Waals surface area contributed by atoms with Gasteiger partial charge in [0.15, 0.2) is 0 Å². The summed E-state index contributed by atoms with van der Waals surface area (Å²) >= 11 is 3.36. The van der Waals surface area contributed by atoms with Gasteiger partial charge >= 0.3 is 5.97 Å². The maximum absolute atomic E-state index is 12.1. The van der Waals surface area contributed by atoms with Gasteiger partial charge in [-0.1, -0.05) is 19.3 Å². The predicted octanol–water partition coefficient (Wildman–Crippen LogP) is 3.13. The first-order valence-electron chi connectivity index (χ1n) is 9.44. The average molecular weight is 428 g/mol. The van der Waals surface area contributed by atoms with Crippen LogP contribution in [-0.4, -0.2) is 54.9 Å². The number of anilines is 1. The van der Waals surface area contributed by atoms with Gasteiger partial charge in [-0.15, -0.1) is 0 Å². The zero-order valence-corrected chi connectivity index (χ0v) is 17.3. The van der Waals surface area contributed by atoms with E-state index in [1.54, 1.807) is 12.3 Å². The highest BCUT2D eigenvalue weighted by Crippen LogP contribution is 2.23. The summed E-state index contributed by atoms with van der Waals surface area (Å²) in [6, 6.07) is 2.30. The van der Waals surface area contributed by atoms with Crippen molar-refractivity contribution in [3.8, 4) is 0 Å². The Balaban J connectivity index is 2.02. The van der Waals surface area contributed by atoms with Gasteiger partial charge in [-0.05, 0) is 48.2 Å². The third kappa shape index (κ3) is 5.93. The number of pyridine rings is 1. The van der Waals surface area contributed by atoms with Crippen LogP contribution in [0, 0.1) is 0 Å². The van der Waals surface area contributed by atoms with E-state index in [0.717, 1.165) is 17.4 Å². The number of rotatable bonds is 9. The number of nitrogens with one attached hydrogen (secondary N) is 1. The molecule has 0 saturated heterocycles. The number of aliphatic hydroxyl groups is 1. The lowest BCUT2D eigenvalue weighted by atomic mass is 9.94. The molecule has 0 radical (unpaired) electrons. The lowest BCUT2D eigenvalue weighted by Gasteiger charge is -2.30. The molecular formula is C19H30BrN3O3. The molecule has 26 heavy (non-hydrogen) atoms. The molecule has 1 unspecified atom stereocenters. The van der Waals surface area contributed by atoms with Crippen molar-refractivity contribution in [3.63, 3.8) is 0 Å². The van der Waals surface area contributed by atoms with Gasteiger partial charge in [-0.2, -0.15) is 0 Å². The van der Waals surface area contributed by atoms with Crippen molar-refractivity contribution in [1.82, 2.24) is 10.3 Å². The molecule has 1 atom stereocenters. The van der Waals surface area contributed by atoms with E-state index in [1.165, 1.54) is 39.2 Å². The van der Waals surface area contributed by atoms with Crippen LogP contribution in [0.1, 0.15) is 55.8 Å². The number of carbonyl (C=O) groups is 1. The first-order valence-corrected chi connectivity index (χ1v) is 10.2. The fourth-order valence-corrected chi connectivity index (χ4v) is 3.83. The largest absolute Gasteiger partial charge is 0.465 e. The number of hydrogen-bond acceptors (Lipinski definition) is 6. The Morgan fingerprint density at radius 1 is 1.46 bits per heavy atom. The highest BCUT2D eigenvalue weighted by atomic mass is 79.9. The Morgan fingerprint density at radius 2 is 2.19 bits per heavy atom. The van der Waals surface area contributed by atoms with Crippen LogP contribution in [0.5, 0.6) is 0 Å². The zero-order valence-electron chi connectivity index (χ0n) is 15.7. The first-order chi connectivity index (χ1) is 12.6. The second kappa shape index (κ2) is 10.8. The van der Waals surface area contributed by atoms with E-state index in [1.807, 2.05) is 6.92 Å². The minimum absolute atomic E-state index is 0.0594. The van der Waals surface area contributed by atoms with Crippen molar-refractivity contribution < 1.29 is 14.6 Å². The van der Waals surface area contributed by atoms with E-state index in [2.05, 4.69) is 31.1 Å². The van der Waals surface area contributed by atoms with Crippen molar-refractivity contribution in [2.24, 2.45) is 0 Å². The Kier molecular flexibility index (Phi) is 8.81. The molecule has 2 rings (SSSR count). The van der Waals surface area contributed by atoms with E-state index in [9.17, 15) is 9.90 Å². The number of halogens is 1. The number of esters is 1. The number of nitrogens with zero attached hydrogens (tertiary/aromatic N) is 2. The first kappa shape index (κ1) is 21.1. The molecule has 1 saturated carbocycles. The highest BCUT2D eigenvalue weighted by Gasteiger charge is 2.21. The van der Waals surface area contributed by atoms with Gasteiger partial charge in [-0.25, -0.2) is 9.78 Å². The minimum Gasteiger partial charge on any atom is -0.465 e. The predicted molar refractivity (Wildman–Crippen MR) is 107 cm³/mol. The summed E-state index contributed by atoms with van der Waals surface area (Å²) < 4.78 is 5.64. The molecule has 7 heteroatoms. The second-order valence-electron chi connectivity index (χ2n) is 6.77. The van der Waals surface area contributed by atoms with Crippen LogP contribution in [0.15, 0.2) is 16.7 Å². The lowest BCUT2D eigenvalue weighted by molar-refractivity contribution is 0.0601. The number of methoxy groups -OCH3 is 1. The van der Waals surface area contributed by atoms with E-state index in [0.29, 0.717) is 24.0 Å². The topological polar surface area (TPSA) is 74.7 Å². The van der Waals surface area contributed by atoms with Gasteiger partial charge in [0.2, 0.25) is 0 Å². The molecule has 146 valence electrons. The van der Waals surface area contributed by atoms with E-state index >= 15 is 0 Å². The van der Waals surface area contributed by atoms with Gasteiger partial charge in [0.05, 0.1) is 13.7 Å². The van der Waals surface area contributed by atoms with Gasteiger partial charge in [0, 0.05) is 35.8 Å². The molecule has 0 amide bonds. The smallest absolute Gasteiger partial charge is 0.341 e. The average Bonchev–Trinajstić information content (AvgIpc) is 2.68. The summed E-state index contributed by atoms with van der Waals surface area (Å²) in [5.41, 5.74) is 0.449. The number of carbonyl (C=O) groups excluding carboxylic acids is 1. The number of aliphatic hydroxyl groups excluding tert-OH is 1. The fraction of sp³-hybridized carbons (Fsp3) is 0.684. The summed E-state index contributed by atoms with van der Waals surface area (Å²) in [4.78, 5) is 18.6. The van der Waals surface area contributed by atoms with Crippen LogP contribution in [0.4, 0.5) is 5.82 Å². The molecule has 2 N–H and O–H groups in total. The summed E-state index contributed by atoms with van der Waals surface area (Å²) in [6.07, 6.45) is 8.71. The quantitative estimate of drug-likeness (QED) is 0.589. The SMILES string of the molecule is CCN(CCC(CO)NC1CCCCC1)c1ncc(Br)cc1C(=O)OC. The molecule has 1 fully saturated rings. The van der Waals surface area contributed by atoms with Crippen LogP contribution in [0.25, 0.3) is 0 Å². The van der Waals surface area contributed by atoms with Gasteiger partial charge < -0.3 is 20.1 Å². The summed E-state index contributed by atoms with van der Waals surface area (Å²) in [6.45, 7) is 3.58. The second-order valence-corrected chi connectivity index (χ2v) is 7.68. The van der Waals surface area contributed by atoms with Crippen LogP contribution in [0.3, 0.4) is 0 Å². The van der Waals surface area contributed by atoms with E-state index < -0.39 is 5.97 Å². The van der Waals surface area contributed by atoms with Crippen molar-refractivity contribution in [2.75, 3.05) is 31.7 Å². The van der Waals surface area contributed by atoms with Crippen LogP contribution in [0.2, 0.25) is 0 Å². The Morgan fingerprint density at radius 3 is 2.81 bits per heavy atom. The highest BCUT2D eigenvalue weighted by molar-refractivity contribution is 9.10. The monoisotopic (exact) mass is 427 g/mol. The van der Waals surface area contributed by atoms with Crippen molar-refractivity contribution in [3.05, 3.63) is 22.3 Å². The zero-order chi connectivity index (χ0) is 18.9. The number of ether oxygens (including phenoxy) is 1. The molecule has 1 heterocycles. The third-order valence-corrected chi connectivity index (χ3v) is 5.40. The van der Waals surface area contributed by atoms with Crippen molar-refractivity contribution >= 4 is 27.7 Å². The van der Waals surface area contributed by atoms with Crippen LogP contribution in [-0.2, 0) is 4.74 Å². The van der Waals surface area contributed by atoms with Crippen LogP contribution < -0.4 is 10.2 Å². The molecule has 0 bridgehead atoms. The molecule has 1 aliphatic rings. The van der Waals surface area contributed by atoms with E-state index in [4.69, 9.17) is 4.74 Å². The van der Waals surface area contributed by atoms with Crippen LogP contribution >= 0.6 is 15.9 Å². The Bertz CT molecular complexity index is 579. The molecule has 6 nitrogen and oxygen atoms in total. The minimum atomic E-state index is -0.397. The molecule has 0 spiro atoms. The molecule has 0 aromatic carbocycles. The normalized spacial score (nSPS) is 16.3. The Hall–Kier alpha value is -1.18. The molecule has 1 aromatic rings. The third-order valence-electron chi connectivity index (χ3n) is 4.96. The van der Waals surface area contributed by atoms with Gasteiger partial charge in [0.25, 0.3) is 0 Å². The summed E-state index contributed by atoms with van der Waals surface area (Å²) in [5, 5.41) is 13.4. The standard InChI is InChI=1S/C19H30BrN3O3/c1-3-23(18-17(19(25)26-2)11-14(20)12-21-18)10-9-16(13-24)22-15-7-5-4-6-8-15/h11-12,15-16,22,24H,3-10,13H2,1-2H3. The van der Waals surface area contributed by atoms with E-state index in [-0.39, 0.29) is 12.6 Å². The Labute approximate surface area is 164 Å². The van der Waals surface area contributed by atoms with Crippen molar-refractivity contribution in [1.29, 1.82) is 0 Å². The summed E-state index contributed by atoms with van der Waals surface area (Å²) in [5.74, 6) is 0.225. The lowest BCUT2D eigenvalue weighted by Crippen LogP contribution is -2.43. The summed E-state index contributed by atoms with van der Waals surface area (Å²) in [7, 11) is 1.37. The van der Waals surface area contributed by atoms with Crippen molar-refractivity contribution in [2.45, 2.75) is 57.5 Å².